The first-order chi connectivity index (χ1) is 14.2. The molecule has 30 heavy (non-hydrogen) atoms. The number of amides is 1. The lowest BCUT2D eigenvalue weighted by molar-refractivity contribution is -0.113. The zero-order valence-corrected chi connectivity index (χ0v) is 19.7. The van der Waals surface area contributed by atoms with Gasteiger partial charge in [-0.2, -0.15) is 0 Å². The molecule has 0 saturated heterocycles. The molecule has 7 heteroatoms. The third-order valence-corrected chi connectivity index (χ3v) is 7.65. The van der Waals surface area contributed by atoms with Crippen molar-refractivity contribution >= 4 is 45.7 Å². The van der Waals surface area contributed by atoms with Gasteiger partial charge in [-0.3, -0.25) is 4.79 Å². The first-order valence-corrected chi connectivity index (χ1v) is 12.1. The lowest BCUT2D eigenvalue weighted by atomic mass is 9.72. The zero-order chi connectivity index (χ0) is 21.9. The second-order valence-electron chi connectivity index (χ2n) is 8.64. The molecule has 1 aromatic carbocycles. The highest BCUT2D eigenvalue weighted by atomic mass is 32.2. The van der Waals surface area contributed by atoms with Gasteiger partial charge in [0.25, 0.3) is 0 Å². The molecular weight excluding hydrogens is 416 g/mol. The third kappa shape index (κ3) is 5.38. The van der Waals surface area contributed by atoms with Crippen molar-refractivity contribution in [2.45, 2.75) is 51.9 Å². The number of anilines is 2. The highest BCUT2D eigenvalue weighted by molar-refractivity contribution is 8.00. The Balaban J connectivity index is 1.77. The topological polar surface area (TPSA) is 81.4 Å². The number of carbonyl (C=O) groups excluding carboxylic acids is 2. The molecule has 0 aliphatic heterocycles. The Labute approximate surface area is 186 Å². The van der Waals surface area contributed by atoms with Gasteiger partial charge in [-0.15, -0.1) is 23.1 Å². The van der Waals surface area contributed by atoms with Crippen LogP contribution < -0.4 is 11.1 Å². The van der Waals surface area contributed by atoms with E-state index in [1.807, 2.05) is 24.3 Å². The standard InChI is InChI=1S/C23H30N2O3S2/c1-5-28-22(27)20-17-11-6-14(23(2,3)4)12-18(17)30-21(20)25-19(26)13-29-16-9-7-15(24)8-10-16/h7-10,14H,5-6,11-13,24H2,1-4H3,(H,25,26). The van der Waals surface area contributed by atoms with E-state index in [0.29, 0.717) is 28.8 Å². The normalized spacial score (nSPS) is 16.1. The number of ether oxygens (including phenoxy) is 1. The number of hydrogen-bond donors (Lipinski definition) is 2. The van der Waals surface area contributed by atoms with Crippen molar-refractivity contribution in [3.8, 4) is 0 Å². The summed E-state index contributed by atoms with van der Waals surface area (Å²) >= 11 is 2.97. The summed E-state index contributed by atoms with van der Waals surface area (Å²) in [6, 6.07) is 7.43. The molecule has 3 N–H and O–H groups in total. The summed E-state index contributed by atoms with van der Waals surface area (Å²) in [5.74, 6) is 0.349. The second kappa shape index (κ2) is 9.43. The van der Waals surface area contributed by atoms with Gasteiger partial charge in [-0.1, -0.05) is 20.8 Å². The Hall–Kier alpha value is -1.99. The van der Waals surface area contributed by atoms with Crippen molar-refractivity contribution in [1.82, 2.24) is 0 Å². The fourth-order valence-corrected chi connectivity index (χ4v) is 5.74. The van der Waals surface area contributed by atoms with Gasteiger partial charge in [-0.05, 0) is 67.3 Å². The van der Waals surface area contributed by atoms with Gasteiger partial charge >= 0.3 is 5.97 Å². The second-order valence-corrected chi connectivity index (χ2v) is 10.8. The molecular formula is C23H30N2O3S2. The Morgan fingerprint density at radius 2 is 1.97 bits per heavy atom. The van der Waals surface area contributed by atoms with Crippen LogP contribution in [0.15, 0.2) is 29.2 Å². The van der Waals surface area contributed by atoms with E-state index in [1.54, 1.807) is 6.92 Å². The van der Waals surface area contributed by atoms with Crippen LogP contribution in [0.1, 0.15) is 54.9 Å². The van der Waals surface area contributed by atoms with E-state index < -0.39 is 0 Å². The fraction of sp³-hybridized carbons (Fsp3) is 0.478. The highest BCUT2D eigenvalue weighted by Gasteiger charge is 2.34. The number of thioether (sulfide) groups is 1. The Kier molecular flexibility index (Phi) is 7.14. The summed E-state index contributed by atoms with van der Waals surface area (Å²) < 4.78 is 5.31. The smallest absolute Gasteiger partial charge is 0.341 e. The van der Waals surface area contributed by atoms with E-state index in [1.165, 1.54) is 28.0 Å². The van der Waals surface area contributed by atoms with Crippen molar-refractivity contribution in [2.24, 2.45) is 11.3 Å². The lowest BCUT2D eigenvalue weighted by Gasteiger charge is -2.33. The molecule has 1 atom stereocenters. The molecule has 2 aromatic rings. The van der Waals surface area contributed by atoms with Crippen LogP contribution in [0.2, 0.25) is 0 Å². The number of thiophene rings is 1. The number of nitrogens with one attached hydrogen (secondary N) is 1. The predicted octanol–water partition coefficient (Wildman–Crippen LogP) is 5.39. The van der Waals surface area contributed by atoms with Gasteiger partial charge in [0.05, 0.1) is 17.9 Å². The minimum Gasteiger partial charge on any atom is -0.462 e. The van der Waals surface area contributed by atoms with Crippen LogP contribution in [-0.4, -0.2) is 24.2 Å². The fourth-order valence-electron chi connectivity index (χ4n) is 3.71. The molecule has 0 radical (unpaired) electrons. The van der Waals surface area contributed by atoms with Gasteiger partial charge in [0.2, 0.25) is 5.91 Å². The van der Waals surface area contributed by atoms with Gasteiger partial charge in [0.1, 0.15) is 5.00 Å². The number of esters is 1. The van der Waals surface area contributed by atoms with Crippen molar-refractivity contribution in [1.29, 1.82) is 0 Å². The SMILES string of the molecule is CCOC(=O)c1c(NC(=O)CSc2ccc(N)cc2)sc2c1CCC(C(C)(C)C)C2. The number of rotatable bonds is 6. The Morgan fingerprint density at radius 3 is 2.60 bits per heavy atom. The van der Waals surface area contributed by atoms with E-state index in [2.05, 4.69) is 26.1 Å². The molecule has 162 valence electrons. The van der Waals surface area contributed by atoms with Crippen LogP contribution >= 0.6 is 23.1 Å². The molecule has 0 saturated carbocycles. The minimum atomic E-state index is -0.342. The maximum atomic E-state index is 12.7. The number of nitrogen functional groups attached to an aromatic ring is 1. The molecule has 1 aromatic heterocycles. The molecule has 5 nitrogen and oxygen atoms in total. The van der Waals surface area contributed by atoms with E-state index in [-0.39, 0.29) is 23.0 Å². The number of nitrogens with two attached hydrogens (primary N) is 1. The average Bonchev–Trinajstić information content (AvgIpc) is 3.04. The number of benzene rings is 1. The minimum absolute atomic E-state index is 0.131. The molecule has 3 rings (SSSR count). The summed E-state index contributed by atoms with van der Waals surface area (Å²) in [5, 5.41) is 3.60. The van der Waals surface area contributed by atoms with Crippen LogP contribution in [0.3, 0.4) is 0 Å². The predicted molar refractivity (Wildman–Crippen MR) is 125 cm³/mol. The summed E-state index contributed by atoms with van der Waals surface area (Å²) in [4.78, 5) is 27.5. The average molecular weight is 447 g/mol. The summed E-state index contributed by atoms with van der Waals surface area (Å²) in [5.41, 5.74) is 8.22. The lowest BCUT2D eigenvalue weighted by Crippen LogP contribution is -2.26. The molecule has 1 aliphatic rings. The third-order valence-electron chi connectivity index (χ3n) is 5.47. The number of carbonyl (C=O) groups is 2. The molecule has 0 bridgehead atoms. The largest absolute Gasteiger partial charge is 0.462 e. The molecule has 1 amide bonds. The number of fused-ring (bicyclic) bond motifs is 1. The van der Waals surface area contributed by atoms with E-state index in [4.69, 9.17) is 10.5 Å². The highest BCUT2D eigenvalue weighted by Crippen LogP contribution is 2.44. The molecule has 1 unspecified atom stereocenters. The molecule has 0 fully saturated rings. The summed E-state index contributed by atoms with van der Waals surface area (Å²) in [7, 11) is 0. The first kappa shape index (κ1) is 22.7. The maximum absolute atomic E-state index is 12.7. The van der Waals surface area contributed by atoms with Crippen LogP contribution in [0, 0.1) is 11.3 Å². The van der Waals surface area contributed by atoms with Gasteiger partial charge < -0.3 is 15.8 Å². The number of hydrogen-bond acceptors (Lipinski definition) is 6. The quantitative estimate of drug-likeness (QED) is 0.353. The maximum Gasteiger partial charge on any atom is 0.341 e. The van der Waals surface area contributed by atoms with E-state index in [9.17, 15) is 9.59 Å². The van der Waals surface area contributed by atoms with Gasteiger partial charge in [-0.25, -0.2) is 4.79 Å². The monoisotopic (exact) mass is 446 g/mol. The van der Waals surface area contributed by atoms with Crippen LogP contribution in [0.5, 0.6) is 0 Å². The van der Waals surface area contributed by atoms with Crippen molar-refractivity contribution in [3.05, 3.63) is 40.3 Å². The van der Waals surface area contributed by atoms with Gasteiger partial charge in [0.15, 0.2) is 0 Å². The molecule has 1 heterocycles. The first-order valence-electron chi connectivity index (χ1n) is 10.3. The van der Waals surface area contributed by atoms with Crippen LogP contribution in [-0.2, 0) is 22.4 Å². The molecule has 0 spiro atoms. The van der Waals surface area contributed by atoms with E-state index in [0.717, 1.165) is 29.7 Å². The van der Waals surface area contributed by atoms with E-state index >= 15 is 0 Å². The van der Waals surface area contributed by atoms with Crippen molar-refractivity contribution in [3.63, 3.8) is 0 Å². The van der Waals surface area contributed by atoms with Gasteiger partial charge in [0, 0.05) is 15.5 Å². The summed E-state index contributed by atoms with van der Waals surface area (Å²) in [6.07, 6.45) is 2.82. The van der Waals surface area contributed by atoms with Crippen LogP contribution in [0.25, 0.3) is 0 Å². The van der Waals surface area contributed by atoms with Crippen molar-refractivity contribution < 1.29 is 14.3 Å². The Morgan fingerprint density at radius 1 is 1.27 bits per heavy atom. The molecule has 1 aliphatic carbocycles. The van der Waals surface area contributed by atoms with Crippen LogP contribution in [0.4, 0.5) is 10.7 Å². The zero-order valence-electron chi connectivity index (χ0n) is 18.0. The summed E-state index contributed by atoms with van der Waals surface area (Å²) in [6.45, 7) is 8.90. The Bertz CT molecular complexity index is 914. The van der Waals surface area contributed by atoms with Crippen molar-refractivity contribution in [2.75, 3.05) is 23.4 Å².